The summed E-state index contributed by atoms with van der Waals surface area (Å²) in [6.45, 7) is 4.97. The molecule has 1 aromatic carbocycles. The van der Waals surface area contributed by atoms with Gasteiger partial charge < -0.3 is 10.1 Å². The van der Waals surface area contributed by atoms with Gasteiger partial charge in [0.25, 0.3) is 5.91 Å². The lowest BCUT2D eigenvalue weighted by Crippen LogP contribution is -2.43. The number of fused-ring (bicyclic) bond motifs is 1. The molecule has 0 saturated heterocycles. The summed E-state index contributed by atoms with van der Waals surface area (Å²) in [4.78, 5) is 14.1. The second-order valence-electron chi connectivity index (χ2n) is 4.68. The van der Waals surface area contributed by atoms with Crippen LogP contribution in [0, 0.1) is 0 Å². The number of para-hydroxylation sites is 2. The fraction of sp³-hybridized carbons (Fsp3) is 0.357. The average Bonchev–Trinajstić information content (AvgIpc) is 2.92. The number of amides is 1. The first-order valence-corrected chi connectivity index (χ1v) is 7.64. The summed E-state index contributed by atoms with van der Waals surface area (Å²) in [6, 6.07) is 7.54. The number of ether oxygens (including phenoxy) is 1. The topological polar surface area (TPSA) is 67.4 Å². The van der Waals surface area contributed by atoms with Crippen LogP contribution in [-0.4, -0.2) is 28.8 Å². The molecule has 0 bridgehead atoms. The van der Waals surface area contributed by atoms with Gasteiger partial charge in [0.15, 0.2) is 6.10 Å². The van der Waals surface area contributed by atoms with E-state index in [4.69, 9.17) is 4.74 Å². The summed E-state index contributed by atoms with van der Waals surface area (Å²) < 4.78 is 5.62. The average molecular weight is 304 g/mol. The van der Waals surface area contributed by atoms with Crippen molar-refractivity contribution in [2.45, 2.75) is 26.5 Å². The Bertz CT molecular complexity index is 658. The fourth-order valence-corrected chi connectivity index (χ4v) is 2.99. The van der Waals surface area contributed by atoms with Gasteiger partial charge in [0.2, 0.25) is 5.13 Å². The predicted octanol–water partition coefficient (Wildman–Crippen LogP) is 2.28. The molecule has 1 amide bonds. The van der Waals surface area contributed by atoms with E-state index in [1.54, 1.807) is 11.8 Å². The SMILES string of the molecule is CCNc1nnc(CN2C(=O)C(C)Oc3ccccc32)s1. The van der Waals surface area contributed by atoms with Crippen molar-refractivity contribution in [1.82, 2.24) is 10.2 Å². The van der Waals surface area contributed by atoms with Crippen LogP contribution in [0.2, 0.25) is 0 Å². The monoisotopic (exact) mass is 304 g/mol. The third-order valence-electron chi connectivity index (χ3n) is 3.16. The van der Waals surface area contributed by atoms with Crippen LogP contribution in [0.5, 0.6) is 5.75 Å². The van der Waals surface area contributed by atoms with Gasteiger partial charge in [-0.15, -0.1) is 10.2 Å². The first kappa shape index (κ1) is 13.8. The van der Waals surface area contributed by atoms with Gasteiger partial charge in [0.05, 0.1) is 12.2 Å². The Labute approximate surface area is 126 Å². The van der Waals surface area contributed by atoms with Crippen molar-refractivity contribution in [3.05, 3.63) is 29.3 Å². The Hall–Kier alpha value is -2.15. The highest BCUT2D eigenvalue weighted by Crippen LogP contribution is 2.35. The zero-order chi connectivity index (χ0) is 14.8. The normalized spacial score (nSPS) is 17.3. The number of benzene rings is 1. The molecule has 2 heterocycles. The largest absolute Gasteiger partial charge is 0.479 e. The molecule has 0 spiro atoms. The van der Waals surface area contributed by atoms with Crippen molar-refractivity contribution < 1.29 is 9.53 Å². The van der Waals surface area contributed by atoms with Crippen LogP contribution in [0.1, 0.15) is 18.9 Å². The van der Waals surface area contributed by atoms with Crippen LogP contribution < -0.4 is 15.0 Å². The zero-order valence-electron chi connectivity index (χ0n) is 11.9. The molecule has 1 aliphatic rings. The van der Waals surface area contributed by atoms with Crippen molar-refractivity contribution >= 4 is 28.1 Å². The number of anilines is 2. The summed E-state index contributed by atoms with van der Waals surface area (Å²) in [6.07, 6.45) is -0.485. The summed E-state index contributed by atoms with van der Waals surface area (Å²) in [5, 5.41) is 12.9. The second kappa shape index (κ2) is 5.69. The van der Waals surface area contributed by atoms with E-state index in [9.17, 15) is 4.79 Å². The molecule has 0 radical (unpaired) electrons. The van der Waals surface area contributed by atoms with Crippen LogP contribution >= 0.6 is 11.3 Å². The van der Waals surface area contributed by atoms with E-state index < -0.39 is 6.10 Å². The molecule has 1 N–H and O–H groups in total. The summed E-state index contributed by atoms with van der Waals surface area (Å²) >= 11 is 1.46. The molecule has 1 aromatic heterocycles. The predicted molar refractivity (Wildman–Crippen MR) is 81.8 cm³/mol. The molecular formula is C14H16N4O2S. The van der Waals surface area contributed by atoms with Crippen molar-refractivity contribution in [2.75, 3.05) is 16.8 Å². The molecule has 0 aliphatic carbocycles. The van der Waals surface area contributed by atoms with Gasteiger partial charge in [-0.05, 0) is 26.0 Å². The first-order valence-electron chi connectivity index (χ1n) is 6.82. The molecule has 1 aliphatic heterocycles. The van der Waals surface area contributed by atoms with E-state index in [0.29, 0.717) is 6.54 Å². The third-order valence-corrected chi connectivity index (χ3v) is 4.03. The molecule has 110 valence electrons. The highest BCUT2D eigenvalue weighted by atomic mass is 32.1. The van der Waals surface area contributed by atoms with E-state index in [1.807, 2.05) is 31.2 Å². The molecule has 3 rings (SSSR count). The van der Waals surface area contributed by atoms with Crippen molar-refractivity contribution in [3.63, 3.8) is 0 Å². The number of rotatable bonds is 4. The minimum absolute atomic E-state index is 0.0612. The van der Waals surface area contributed by atoms with Gasteiger partial charge >= 0.3 is 0 Å². The number of nitrogens with one attached hydrogen (secondary N) is 1. The fourth-order valence-electron chi connectivity index (χ4n) is 2.20. The number of hydrogen-bond acceptors (Lipinski definition) is 6. The standard InChI is InChI=1S/C14H16N4O2S/c1-3-15-14-17-16-12(21-14)8-18-10-6-4-5-7-11(10)20-9(2)13(18)19/h4-7,9H,3,8H2,1-2H3,(H,15,17). The van der Waals surface area contributed by atoms with Gasteiger partial charge in [0, 0.05) is 6.54 Å². The van der Waals surface area contributed by atoms with Gasteiger partial charge in [0.1, 0.15) is 10.8 Å². The Kier molecular flexibility index (Phi) is 3.74. The van der Waals surface area contributed by atoms with E-state index in [0.717, 1.165) is 28.1 Å². The van der Waals surface area contributed by atoms with Crippen LogP contribution in [-0.2, 0) is 11.3 Å². The molecule has 0 saturated carbocycles. The van der Waals surface area contributed by atoms with E-state index in [1.165, 1.54) is 11.3 Å². The second-order valence-corrected chi connectivity index (χ2v) is 5.75. The minimum Gasteiger partial charge on any atom is -0.479 e. The van der Waals surface area contributed by atoms with Crippen molar-refractivity contribution in [3.8, 4) is 5.75 Å². The number of aromatic nitrogens is 2. The number of hydrogen-bond donors (Lipinski definition) is 1. The molecular weight excluding hydrogens is 288 g/mol. The van der Waals surface area contributed by atoms with Crippen LogP contribution in [0.15, 0.2) is 24.3 Å². The highest BCUT2D eigenvalue weighted by Gasteiger charge is 2.31. The molecule has 1 unspecified atom stereocenters. The summed E-state index contributed by atoms with van der Waals surface area (Å²) in [5.41, 5.74) is 0.779. The Morgan fingerprint density at radius 1 is 1.38 bits per heavy atom. The Morgan fingerprint density at radius 2 is 2.19 bits per heavy atom. The molecule has 6 nitrogen and oxygen atoms in total. The molecule has 7 heteroatoms. The van der Waals surface area contributed by atoms with E-state index in [2.05, 4.69) is 15.5 Å². The molecule has 0 fully saturated rings. The first-order chi connectivity index (χ1) is 10.2. The van der Waals surface area contributed by atoms with Gasteiger partial charge in [-0.3, -0.25) is 9.69 Å². The lowest BCUT2D eigenvalue weighted by Gasteiger charge is -2.32. The summed E-state index contributed by atoms with van der Waals surface area (Å²) in [5.74, 6) is 0.662. The van der Waals surface area contributed by atoms with Crippen molar-refractivity contribution in [2.24, 2.45) is 0 Å². The lowest BCUT2D eigenvalue weighted by atomic mass is 10.2. The quantitative estimate of drug-likeness (QED) is 0.938. The van der Waals surface area contributed by atoms with Gasteiger partial charge in [-0.25, -0.2) is 0 Å². The number of nitrogens with zero attached hydrogens (tertiary/aromatic N) is 3. The molecule has 1 atom stereocenters. The maximum Gasteiger partial charge on any atom is 0.268 e. The van der Waals surface area contributed by atoms with Crippen LogP contribution in [0.4, 0.5) is 10.8 Å². The number of carbonyl (C=O) groups is 1. The van der Waals surface area contributed by atoms with Gasteiger partial charge in [-0.2, -0.15) is 0 Å². The smallest absolute Gasteiger partial charge is 0.268 e. The van der Waals surface area contributed by atoms with Crippen molar-refractivity contribution in [1.29, 1.82) is 0 Å². The molecule has 21 heavy (non-hydrogen) atoms. The van der Waals surface area contributed by atoms with E-state index >= 15 is 0 Å². The Morgan fingerprint density at radius 3 is 3.00 bits per heavy atom. The summed E-state index contributed by atoms with van der Waals surface area (Å²) in [7, 11) is 0. The van der Waals surface area contributed by atoms with Crippen LogP contribution in [0.3, 0.4) is 0 Å². The maximum atomic E-state index is 12.4. The highest BCUT2D eigenvalue weighted by molar-refractivity contribution is 7.15. The minimum atomic E-state index is -0.485. The lowest BCUT2D eigenvalue weighted by molar-refractivity contribution is -0.125. The van der Waals surface area contributed by atoms with Gasteiger partial charge in [-0.1, -0.05) is 23.5 Å². The molecule has 2 aromatic rings. The zero-order valence-corrected chi connectivity index (χ0v) is 12.7. The number of carbonyl (C=O) groups excluding carboxylic acids is 1. The Balaban J connectivity index is 1.87. The van der Waals surface area contributed by atoms with E-state index in [-0.39, 0.29) is 5.91 Å². The maximum absolute atomic E-state index is 12.4. The van der Waals surface area contributed by atoms with Crippen LogP contribution in [0.25, 0.3) is 0 Å². The third kappa shape index (κ3) is 2.69.